The summed E-state index contributed by atoms with van der Waals surface area (Å²) in [6.07, 6.45) is 0.748. The highest BCUT2D eigenvalue weighted by Crippen LogP contribution is 2.09. The number of amides is 2. The number of benzene rings is 2. The van der Waals surface area contributed by atoms with Gasteiger partial charge in [0, 0.05) is 30.0 Å². The first kappa shape index (κ1) is 20.5. The van der Waals surface area contributed by atoms with Crippen LogP contribution in [0, 0.1) is 0 Å². The molecular weight excluding hydrogens is 368 g/mol. The first-order chi connectivity index (χ1) is 13.0. The van der Waals surface area contributed by atoms with E-state index in [1.54, 1.807) is 24.3 Å². The second-order valence-corrected chi connectivity index (χ2v) is 6.45. The van der Waals surface area contributed by atoms with Crippen LogP contribution in [0.5, 0.6) is 0 Å². The van der Waals surface area contributed by atoms with E-state index in [9.17, 15) is 19.5 Å². The van der Waals surface area contributed by atoms with Gasteiger partial charge in [-0.15, -0.1) is 0 Å². The molecule has 7 heteroatoms. The number of nitrogens with one attached hydrogen (secondary N) is 2. The van der Waals surface area contributed by atoms with Gasteiger partial charge < -0.3 is 15.7 Å². The van der Waals surface area contributed by atoms with E-state index < -0.39 is 12.0 Å². The van der Waals surface area contributed by atoms with Crippen LogP contribution in [0.4, 0.5) is 0 Å². The average molecular weight is 389 g/mol. The van der Waals surface area contributed by atoms with Crippen molar-refractivity contribution >= 4 is 29.4 Å². The average Bonchev–Trinajstić information content (AvgIpc) is 2.66. The van der Waals surface area contributed by atoms with E-state index in [1.807, 2.05) is 30.3 Å². The zero-order valence-electron chi connectivity index (χ0n) is 14.7. The predicted octanol–water partition coefficient (Wildman–Crippen LogP) is 2.66. The molecule has 2 aromatic carbocycles. The molecular formula is C20H21ClN2O4. The number of hydrogen-bond donors (Lipinski definition) is 3. The lowest BCUT2D eigenvalue weighted by Gasteiger charge is -2.14. The molecule has 0 aliphatic carbocycles. The van der Waals surface area contributed by atoms with Crippen LogP contribution in [0.1, 0.15) is 28.8 Å². The number of rotatable bonds is 9. The second kappa shape index (κ2) is 10.3. The van der Waals surface area contributed by atoms with Crippen LogP contribution in [0.2, 0.25) is 5.02 Å². The largest absolute Gasteiger partial charge is 0.480 e. The summed E-state index contributed by atoms with van der Waals surface area (Å²) >= 11 is 5.77. The summed E-state index contributed by atoms with van der Waals surface area (Å²) in [4.78, 5) is 35.3. The molecule has 0 saturated heterocycles. The lowest BCUT2D eigenvalue weighted by Crippen LogP contribution is -2.42. The molecule has 2 aromatic rings. The van der Waals surface area contributed by atoms with Crippen molar-refractivity contribution < 1.29 is 19.5 Å². The molecule has 3 N–H and O–H groups in total. The predicted molar refractivity (Wildman–Crippen MR) is 103 cm³/mol. The molecule has 6 nitrogen and oxygen atoms in total. The summed E-state index contributed by atoms with van der Waals surface area (Å²) in [5.41, 5.74) is 1.32. The number of carbonyl (C=O) groups is 3. The Bertz CT molecular complexity index is 778. The smallest absolute Gasteiger partial charge is 0.326 e. The molecule has 0 aromatic heterocycles. The van der Waals surface area contributed by atoms with Gasteiger partial charge in [0.05, 0.1) is 0 Å². The number of aliphatic carboxylic acids is 1. The lowest BCUT2D eigenvalue weighted by molar-refractivity contribution is -0.141. The first-order valence-corrected chi connectivity index (χ1v) is 8.93. The summed E-state index contributed by atoms with van der Waals surface area (Å²) in [5.74, 6) is -1.69. The molecule has 0 fully saturated rings. The van der Waals surface area contributed by atoms with Gasteiger partial charge in [0.25, 0.3) is 5.91 Å². The van der Waals surface area contributed by atoms with Gasteiger partial charge in [-0.2, -0.15) is 0 Å². The molecule has 2 amide bonds. The molecule has 142 valence electrons. The van der Waals surface area contributed by atoms with Crippen LogP contribution in [-0.4, -0.2) is 35.5 Å². The Hall–Kier alpha value is -2.86. The Kier molecular flexibility index (Phi) is 7.82. The van der Waals surface area contributed by atoms with Crippen molar-refractivity contribution in [3.05, 3.63) is 70.7 Å². The summed E-state index contributed by atoms with van der Waals surface area (Å²) in [5, 5.41) is 15.1. The molecule has 27 heavy (non-hydrogen) atoms. The quantitative estimate of drug-likeness (QED) is 0.575. The highest BCUT2D eigenvalue weighted by atomic mass is 35.5. The normalized spacial score (nSPS) is 11.4. The fraction of sp³-hybridized carbons (Fsp3) is 0.250. The number of hydrogen-bond acceptors (Lipinski definition) is 3. The molecule has 0 saturated carbocycles. The van der Waals surface area contributed by atoms with Crippen LogP contribution in [0.3, 0.4) is 0 Å². The third-order valence-corrected chi connectivity index (χ3v) is 4.14. The third kappa shape index (κ3) is 7.11. The Morgan fingerprint density at radius 3 is 2.30 bits per heavy atom. The minimum Gasteiger partial charge on any atom is -0.480 e. The monoisotopic (exact) mass is 388 g/mol. The molecule has 0 radical (unpaired) electrons. The van der Waals surface area contributed by atoms with Gasteiger partial charge in [0.15, 0.2) is 0 Å². The fourth-order valence-electron chi connectivity index (χ4n) is 2.47. The summed E-state index contributed by atoms with van der Waals surface area (Å²) in [7, 11) is 0. The fourth-order valence-corrected chi connectivity index (χ4v) is 2.60. The van der Waals surface area contributed by atoms with Crippen LogP contribution >= 0.6 is 11.6 Å². The second-order valence-electron chi connectivity index (χ2n) is 6.01. The van der Waals surface area contributed by atoms with Crippen LogP contribution in [0.25, 0.3) is 0 Å². The maximum Gasteiger partial charge on any atom is 0.326 e. The Balaban J connectivity index is 1.73. The molecule has 0 spiro atoms. The molecule has 0 unspecified atom stereocenters. The van der Waals surface area contributed by atoms with E-state index >= 15 is 0 Å². The Morgan fingerprint density at radius 1 is 1.00 bits per heavy atom. The highest BCUT2D eigenvalue weighted by Gasteiger charge is 2.20. The molecule has 0 heterocycles. The maximum absolute atomic E-state index is 12.0. The number of carbonyl (C=O) groups excluding carboxylic acids is 2. The van der Waals surface area contributed by atoms with E-state index in [0.717, 1.165) is 5.56 Å². The molecule has 0 aliphatic rings. The first-order valence-electron chi connectivity index (χ1n) is 8.55. The van der Waals surface area contributed by atoms with Crippen molar-refractivity contribution in [2.45, 2.75) is 25.3 Å². The van der Waals surface area contributed by atoms with Gasteiger partial charge in [-0.25, -0.2) is 4.79 Å². The van der Waals surface area contributed by atoms with Crippen LogP contribution in [0.15, 0.2) is 54.6 Å². The van der Waals surface area contributed by atoms with Crippen molar-refractivity contribution in [1.29, 1.82) is 0 Å². The molecule has 0 bridgehead atoms. The number of carboxylic acid groups (broad SMARTS) is 1. The van der Waals surface area contributed by atoms with E-state index in [1.165, 1.54) is 0 Å². The van der Waals surface area contributed by atoms with Gasteiger partial charge in [0.2, 0.25) is 5.91 Å². The minimum atomic E-state index is -1.08. The van der Waals surface area contributed by atoms with E-state index in [4.69, 9.17) is 11.6 Å². The van der Waals surface area contributed by atoms with Crippen molar-refractivity contribution in [3.63, 3.8) is 0 Å². The molecule has 0 aliphatic heterocycles. The zero-order valence-corrected chi connectivity index (χ0v) is 15.4. The number of halogens is 1. The summed E-state index contributed by atoms with van der Waals surface area (Å²) in [6.45, 7) is 0.311. The van der Waals surface area contributed by atoms with E-state index in [-0.39, 0.29) is 24.7 Å². The third-order valence-electron chi connectivity index (χ3n) is 3.89. The Labute approximate surface area is 162 Å². The van der Waals surface area contributed by atoms with Gasteiger partial charge >= 0.3 is 5.97 Å². The topological polar surface area (TPSA) is 95.5 Å². The van der Waals surface area contributed by atoms with Crippen LogP contribution < -0.4 is 10.6 Å². The lowest BCUT2D eigenvalue weighted by atomic mass is 10.1. The number of carboxylic acids is 1. The van der Waals surface area contributed by atoms with Crippen molar-refractivity contribution in [2.24, 2.45) is 0 Å². The summed E-state index contributed by atoms with van der Waals surface area (Å²) < 4.78 is 0. The van der Waals surface area contributed by atoms with Crippen molar-refractivity contribution in [3.8, 4) is 0 Å². The zero-order chi connectivity index (χ0) is 19.6. The maximum atomic E-state index is 12.0. The summed E-state index contributed by atoms with van der Waals surface area (Å²) in [6, 6.07) is 14.6. The van der Waals surface area contributed by atoms with Gasteiger partial charge in [-0.05, 0) is 36.2 Å². The SMILES string of the molecule is O=C(CCCNC(=O)c1ccc(Cl)cc1)N[C@@H](Cc1ccccc1)C(=O)O. The molecule has 2 rings (SSSR count). The van der Waals surface area contributed by atoms with E-state index in [2.05, 4.69) is 10.6 Å². The van der Waals surface area contributed by atoms with Gasteiger partial charge in [-0.1, -0.05) is 41.9 Å². The molecule has 1 atom stereocenters. The highest BCUT2D eigenvalue weighted by molar-refractivity contribution is 6.30. The standard InChI is InChI=1S/C20H21ClN2O4/c21-16-10-8-15(9-11-16)19(25)22-12-4-7-18(24)23-17(20(26)27)13-14-5-2-1-3-6-14/h1-3,5-6,8-11,17H,4,7,12-13H2,(H,22,25)(H,23,24)(H,26,27)/t17-/m0/s1. The minimum absolute atomic E-state index is 0.124. The Morgan fingerprint density at radius 2 is 1.67 bits per heavy atom. The van der Waals surface area contributed by atoms with Crippen molar-refractivity contribution in [2.75, 3.05) is 6.54 Å². The van der Waals surface area contributed by atoms with Crippen molar-refractivity contribution in [1.82, 2.24) is 10.6 Å². The van der Waals surface area contributed by atoms with Crippen LogP contribution in [-0.2, 0) is 16.0 Å². The van der Waals surface area contributed by atoms with Gasteiger partial charge in [0.1, 0.15) is 6.04 Å². The van der Waals surface area contributed by atoms with E-state index in [0.29, 0.717) is 23.6 Å². The van der Waals surface area contributed by atoms with Gasteiger partial charge in [-0.3, -0.25) is 9.59 Å².